The average molecular weight is 469 g/mol. The molecule has 0 atom stereocenters. The molecule has 1 aromatic carbocycles. The van der Waals surface area contributed by atoms with E-state index < -0.39 is 34.5 Å². The fourth-order valence-electron chi connectivity index (χ4n) is 3.46. The third-order valence-electron chi connectivity index (χ3n) is 4.98. The standard InChI is InChI=1S/C21H32N4O6S/c1-5-25(6-2)32(29,30)16-9-10-18(24-11-7-8-12-24)17(13-16)20(27)31-14-19(26)23-21(28)22-15(3)4/h9-10,13,15H,5-8,11-12,14H2,1-4H3,(H2,22,23,26,28). The van der Waals surface area contributed by atoms with Crippen LogP contribution < -0.4 is 15.5 Å². The van der Waals surface area contributed by atoms with E-state index in [1.54, 1.807) is 33.8 Å². The van der Waals surface area contributed by atoms with Crippen LogP contribution in [0.3, 0.4) is 0 Å². The van der Waals surface area contributed by atoms with Gasteiger partial charge in [-0.1, -0.05) is 13.8 Å². The fourth-order valence-corrected chi connectivity index (χ4v) is 4.94. The second kappa shape index (κ2) is 11.3. The van der Waals surface area contributed by atoms with Crippen molar-refractivity contribution in [3.05, 3.63) is 23.8 Å². The molecule has 1 saturated heterocycles. The molecule has 1 fully saturated rings. The number of imide groups is 1. The van der Waals surface area contributed by atoms with Crippen molar-refractivity contribution in [3.8, 4) is 0 Å². The lowest BCUT2D eigenvalue weighted by Gasteiger charge is -2.23. The van der Waals surface area contributed by atoms with Gasteiger partial charge in [0.1, 0.15) is 0 Å². The molecule has 0 saturated carbocycles. The first-order valence-electron chi connectivity index (χ1n) is 10.8. The van der Waals surface area contributed by atoms with Gasteiger partial charge in [-0.05, 0) is 44.9 Å². The zero-order chi connectivity index (χ0) is 23.9. The lowest BCUT2D eigenvalue weighted by molar-refractivity contribution is -0.123. The van der Waals surface area contributed by atoms with E-state index >= 15 is 0 Å². The molecule has 1 aliphatic rings. The molecular weight excluding hydrogens is 436 g/mol. The summed E-state index contributed by atoms with van der Waals surface area (Å²) in [5.74, 6) is -1.62. The van der Waals surface area contributed by atoms with Gasteiger partial charge in [-0.3, -0.25) is 10.1 Å². The summed E-state index contributed by atoms with van der Waals surface area (Å²) in [7, 11) is -3.78. The number of urea groups is 1. The van der Waals surface area contributed by atoms with Gasteiger partial charge in [-0.25, -0.2) is 18.0 Å². The first-order valence-corrected chi connectivity index (χ1v) is 12.2. The Kier molecular flexibility index (Phi) is 9.02. The predicted octanol–water partition coefficient (Wildman–Crippen LogP) is 1.71. The summed E-state index contributed by atoms with van der Waals surface area (Å²) in [5, 5.41) is 4.57. The van der Waals surface area contributed by atoms with Crippen LogP contribution in [0.15, 0.2) is 23.1 Å². The Morgan fingerprint density at radius 1 is 1.12 bits per heavy atom. The lowest BCUT2D eigenvalue weighted by atomic mass is 10.1. The van der Waals surface area contributed by atoms with Crippen molar-refractivity contribution in [2.45, 2.75) is 51.5 Å². The zero-order valence-corrected chi connectivity index (χ0v) is 19.8. The molecule has 2 N–H and O–H groups in total. The van der Waals surface area contributed by atoms with Crippen LogP contribution in [0.4, 0.5) is 10.5 Å². The van der Waals surface area contributed by atoms with E-state index in [0.29, 0.717) is 18.8 Å². The summed E-state index contributed by atoms with van der Waals surface area (Å²) >= 11 is 0. The number of anilines is 1. The van der Waals surface area contributed by atoms with Crippen LogP contribution in [0.2, 0.25) is 0 Å². The number of nitrogens with one attached hydrogen (secondary N) is 2. The Hall–Kier alpha value is -2.66. The molecule has 0 aliphatic carbocycles. The number of nitrogens with zero attached hydrogens (tertiary/aromatic N) is 2. The van der Waals surface area contributed by atoms with Crippen molar-refractivity contribution in [2.75, 3.05) is 37.7 Å². The lowest BCUT2D eigenvalue weighted by Crippen LogP contribution is -2.44. The quantitative estimate of drug-likeness (QED) is 0.529. The van der Waals surface area contributed by atoms with Crippen molar-refractivity contribution < 1.29 is 27.5 Å². The number of sulfonamides is 1. The summed E-state index contributed by atoms with van der Waals surface area (Å²) in [5.41, 5.74) is 0.628. The van der Waals surface area contributed by atoms with Crippen LogP contribution in [0, 0.1) is 0 Å². The molecule has 0 spiro atoms. The van der Waals surface area contributed by atoms with Crippen LogP contribution in [0.25, 0.3) is 0 Å². The van der Waals surface area contributed by atoms with Crippen LogP contribution in [-0.2, 0) is 19.6 Å². The van der Waals surface area contributed by atoms with Crippen molar-refractivity contribution in [3.63, 3.8) is 0 Å². The molecule has 11 heteroatoms. The second-order valence-corrected chi connectivity index (χ2v) is 9.65. The van der Waals surface area contributed by atoms with Gasteiger partial charge in [-0.15, -0.1) is 0 Å². The molecule has 32 heavy (non-hydrogen) atoms. The Balaban J connectivity index is 2.25. The van der Waals surface area contributed by atoms with Crippen LogP contribution in [-0.4, -0.2) is 69.5 Å². The van der Waals surface area contributed by atoms with Gasteiger partial charge in [0, 0.05) is 32.2 Å². The molecule has 1 aromatic rings. The van der Waals surface area contributed by atoms with Crippen molar-refractivity contribution in [1.82, 2.24) is 14.9 Å². The molecule has 0 aromatic heterocycles. The third-order valence-corrected chi connectivity index (χ3v) is 7.03. The monoisotopic (exact) mass is 468 g/mol. The number of esters is 1. The molecular formula is C21H32N4O6S. The maximum Gasteiger partial charge on any atom is 0.340 e. The van der Waals surface area contributed by atoms with Crippen LogP contribution >= 0.6 is 0 Å². The first kappa shape index (κ1) is 25.6. The van der Waals surface area contributed by atoms with Crippen LogP contribution in [0.1, 0.15) is 50.9 Å². The average Bonchev–Trinajstić information content (AvgIpc) is 3.26. The molecule has 1 heterocycles. The van der Waals surface area contributed by atoms with Gasteiger partial charge in [0.05, 0.1) is 16.1 Å². The van der Waals surface area contributed by atoms with Gasteiger partial charge >= 0.3 is 12.0 Å². The highest BCUT2D eigenvalue weighted by atomic mass is 32.2. The predicted molar refractivity (Wildman–Crippen MR) is 120 cm³/mol. The van der Waals surface area contributed by atoms with E-state index in [-0.39, 0.29) is 16.5 Å². The highest BCUT2D eigenvalue weighted by molar-refractivity contribution is 7.89. The van der Waals surface area contributed by atoms with Crippen LogP contribution in [0.5, 0.6) is 0 Å². The maximum atomic E-state index is 12.9. The summed E-state index contributed by atoms with van der Waals surface area (Å²) in [6.45, 7) is 8.35. The molecule has 10 nitrogen and oxygen atoms in total. The zero-order valence-electron chi connectivity index (χ0n) is 19.0. The number of carbonyl (C=O) groups excluding carboxylic acids is 3. The van der Waals surface area contributed by atoms with Gasteiger partial charge in [0.15, 0.2) is 6.61 Å². The Labute approximate surface area is 189 Å². The number of benzene rings is 1. The normalized spacial score (nSPS) is 14.0. The summed E-state index contributed by atoms with van der Waals surface area (Å²) in [4.78, 5) is 38.4. The smallest absolute Gasteiger partial charge is 0.340 e. The van der Waals surface area contributed by atoms with Crippen molar-refractivity contribution in [2.24, 2.45) is 0 Å². The number of ether oxygens (including phenoxy) is 1. The number of hydrogen-bond donors (Lipinski definition) is 2. The van der Waals surface area contributed by atoms with E-state index in [0.717, 1.165) is 25.9 Å². The molecule has 2 rings (SSSR count). The topological polar surface area (TPSA) is 125 Å². The fraction of sp³-hybridized carbons (Fsp3) is 0.571. The maximum absolute atomic E-state index is 12.9. The van der Waals surface area contributed by atoms with E-state index in [1.807, 2.05) is 4.90 Å². The van der Waals surface area contributed by atoms with E-state index in [1.165, 1.54) is 16.4 Å². The SMILES string of the molecule is CCN(CC)S(=O)(=O)c1ccc(N2CCCC2)c(C(=O)OCC(=O)NC(=O)NC(C)C)c1. The number of carbonyl (C=O) groups is 3. The van der Waals surface area contributed by atoms with E-state index in [2.05, 4.69) is 10.6 Å². The highest BCUT2D eigenvalue weighted by Gasteiger charge is 2.27. The molecule has 0 radical (unpaired) electrons. The number of rotatable bonds is 9. The Morgan fingerprint density at radius 3 is 2.31 bits per heavy atom. The Morgan fingerprint density at radius 2 is 1.75 bits per heavy atom. The number of hydrogen-bond acceptors (Lipinski definition) is 7. The molecule has 178 valence electrons. The minimum absolute atomic E-state index is 0.0168. The largest absolute Gasteiger partial charge is 0.452 e. The molecule has 3 amide bonds. The summed E-state index contributed by atoms with van der Waals surface area (Å²) in [6.07, 6.45) is 1.92. The highest BCUT2D eigenvalue weighted by Crippen LogP contribution is 2.29. The molecule has 0 bridgehead atoms. The van der Waals surface area contributed by atoms with E-state index in [9.17, 15) is 22.8 Å². The van der Waals surface area contributed by atoms with Crippen molar-refractivity contribution >= 4 is 33.6 Å². The van der Waals surface area contributed by atoms with Crippen molar-refractivity contribution in [1.29, 1.82) is 0 Å². The van der Waals surface area contributed by atoms with Gasteiger partial charge in [-0.2, -0.15) is 4.31 Å². The molecule has 0 unspecified atom stereocenters. The summed E-state index contributed by atoms with van der Waals surface area (Å²) < 4.78 is 32.3. The summed E-state index contributed by atoms with van der Waals surface area (Å²) in [6, 6.07) is 3.54. The van der Waals surface area contributed by atoms with E-state index in [4.69, 9.17) is 4.74 Å². The number of amides is 3. The molecule has 1 aliphatic heterocycles. The second-order valence-electron chi connectivity index (χ2n) is 7.71. The van der Waals surface area contributed by atoms with Gasteiger partial charge in [0.25, 0.3) is 5.91 Å². The minimum atomic E-state index is -3.78. The van der Waals surface area contributed by atoms with Gasteiger partial charge < -0.3 is 15.0 Å². The Bertz CT molecular complexity index is 938. The minimum Gasteiger partial charge on any atom is -0.452 e. The third kappa shape index (κ3) is 6.42. The van der Waals surface area contributed by atoms with Gasteiger partial charge in [0.2, 0.25) is 10.0 Å². The first-order chi connectivity index (χ1) is 15.1.